The summed E-state index contributed by atoms with van der Waals surface area (Å²) in [6.45, 7) is 6.18. The van der Waals surface area contributed by atoms with Crippen molar-refractivity contribution < 1.29 is 0 Å². The van der Waals surface area contributed by atoms with E-state index in [1.165, 1.54) is 25.8 Å². The lowest BCUT2D eigenvalue weighted by molar-refractivity contribution is 0.170. The fourth-order valence-corrected chi connectivity index (χ4v) is 3.20. The van der Waals surface area contributed by atoms with Crippen molar-refractivity contribution >= 4 is 0 Å². The molecule has 1 heterocycles. The van der Waals surface area contributed by atoms with E-state index in [1.807, 2.05) is 0 Å². The molecule has 0 aromatic rings. The van der Waals surface area contributed by atoms with Gasteiger partial charge < -0.3 is 4.90 Å². The van der Waals surface area contributed by atoms with Crippen LogP contribution in [0.3, 0.4) is 0 Å². The summed E-state index contributed by atoms with van der Waals surface area (Å²) in [6.07, 6.45) is 4.34. The summed E-state index contributed by atoms with van der Waals surface area (Å²) in [5, 5.41) is 0. The summed E-state index contributed by atoms with van der Waals surface area (Å²) in [5.41, 5.74) is 0.569. The first-order valence-electron chi connectivity index (χ1n) is 4.84. The van der Waals surface area contributed by atoms with Gasteiger partial charge in [-0.1, -0.05) is 6.92 Å². The highest BCUT2D eigenvalue weighted by molar-refractivity contribution is 5.03. The number of likely N-dealkylation sites (tertiary alicyclic amines) is 1. The highest BCUT2D eigenvalue weighted by Gasteiger charge is 2.48. The fourth-order valence-electron chi connectivity index (χ4n) is 3.20. The second-order valence-corrected chi connectivity index (χ2v) is 4.81. The molecule has 2 rings (SSSR count). The lowest BCUT2D eigenvalue weighted by Gasteiger charge is -2.32. The zero-order valence-corrected chi connectivity index (χ0v) is 7.93. The first-order chi connectivity index (χ1) is 5.13. The van der Waals surface area contributed by atoms with Crippen molar-refractivity contribution in [2.75, 3.05) is 13.6 Å². The molecule has 3 atom stereocenters. The van der Waals surface area contributed by atoms with Crippen LogP contribution in [-0.2, 0) is 0 Å². The summed E-state index contributed by atoms with van der Waals surface area (Å²) >= 11 is 0. The van der Waals surface area contributed by atoms with Crippen LogP contribution < -0.4 is 0 Å². The third-order valence-electron chi connectivity index (χ3n) is 4.01. The van der Waals surface area contributed by atoms with Gasteiger partial charge in [0, 0.05) is 5.54 Å². The summed E-state index contributed by atoms with van der Waals surface area (Å²) in [7, 11) is 2.29. The molecule has 0 radical (unpaired) electrons. The molecule has 2 aliphatic rings. The molecule has 3 unspecified atom stereocenters. The van der Waals surface area contributed by atoms with E-state index in [9.17, 15) is 0 Å². The summed E-state index contributed by atoms with van der Waals surface area (Å²) in [5.74, 6) is 1.97. The third kappa shape index (κ3) is 0.936. The van der Waals surface area contributed by atoms with Crippen molar-refractivity contribution in [1.82, 2.24) is 4.90 Å². The van der Waals surface area contributed by atoms with Gasteiger partial charge in [-0.05, 0) is 51.6 Å². The molecule has 1 saturated heterocycles. The van der Waals surface area contributed by atoms with Gasteiger partial charge >= 0.3 is 0 Å². The van der Waals surface area contributed by atoms with Crippen LogP contribution in [0.4, 0.5) is 0 Å². The summed E-state index contributed by atoms with van der Waals surface area (Å²) in [6, 6.07) is 0. The Kier molecular flexibility index (Phi) is 1.54. The lowest BCUT2D eigenvalue weighted by atomic mass is 9.90. The standard InChI is InChI=1S/C10H19N/c1-8-6-9-4-5-11(3)10(9,2)7-8/h8-9H,4-7H2,1-3H3. The van der Waals surface area contributed by atoms with Gasteiger partial charge in [0.05, 0.1) is 0 Å². The number of hydrogen-bond acceptors (Lipinski definition) is 1. The van der Waals surface area contributed by atoms with E-state index in [2.05, 4.69) is 25.8 Å². The molecular formula is C10H19N. The van der Waals surface area contributed by atoms with Gasteiger partial charge in [0.2, 0.25) is 0 Å². The molecule has 0 spiro atoms. The second-order valence-electron chi connectivity index (χ2n) is 4.81. The minimum atomic E-state index is 0.569. The monoisotopic (exact) mass is 153 g/mol. The molecule has 0 aromatic carbocycles. The van der Waals surface area contributed by atoms with Gasteiger partial charge in [0.25, 0.3) is 0 Å². The normalized spacial score (nSPS) is 51.5. The van der Waals surface area contributed by atoms with E-state index in [0.717, 1.165) is 11.8 Å². The molecule has 0 bridgehead atoms. The Hall–Kier alpha value is -0.0400. The molecule has 0 amide bonds. The predicted molar refractivity (Wildman–Crippen MR) is 47.5 cm³/mol. The minimum Gasteiger partial charge on any atom is -0.301 e. The van der Waals surface area contributed by atoms with Crippen LogP contribution >= 0.6 is 0 Å². The molecule has 1 aliphatic heterocycles. The fraction of sp³-hybridized carbons (Fsp3) is 1.00. The summed E-state index contributed by atoms with van der Waals surface area (Å²) < 4.78 is 0. The Morgan fingerprint density at radius 2 is 2.18 bits per heavy atom. The van der Waals surface area contributed by atoms with Crippen LogP contribution in [-0.4, -0.2) is 24.0 Å². The van der Waals surface area contributed by atoms with Crippen LogP contribution in [0.25, 0.3) is 0 Å². The molecule has 1 saturated carbocycles. The molecule has 0 aromatic heterocycles. The molecule has 1 nitrogen and oxygen atoms in total. The molecule has 1 aliphatic carbocycles. The van der Waals surface area contributed by atoms with Crippen molar-refractivity contribution in [2.24, 2.45) is 11.8 Å². The lowest BCUT2D eigenvalue weighted by Crippen LogP contribution is -2.39. The zero-order chi connectivity index (χ0) is 8.06. The maximum absolute atomic E-state index is 2.57. The maximum Gasteiger partial charge on any atom is 0.0209 e. The number of nitrogens with zero attached hydrogens (tertiary/aromatic N) is 1. The summed E-state index contributed by atoms with van der Waals surface area (Å²) in [4.78, 5) is 2.57. The minimum absolute atomic E-state index is 0.569. The largest absolute Gasteiger partial charge is 0.301 e. The van der Waals surface area contributed by atoms with Gasteiger partial charge in [-0.25, -0.2) is 0 Å². The molecule has 64 valence electrons. The van der Waals surface area contributed by atoms with E-state index < -0.39 is 0 Å². The van der Waals surface area contributed by atoms with Crippen molar-refractivity contribution in [3.8, 4) is 0 Å². The topological polar surface area (TPSA) is 3.24 Å². The van der Waals surface area contributed by atoms with Crippen LogP contribution in [0.5, 0.6) is 0 Å². The van der Waals surface area contributed by atoms with Gasteiger partial charge in [-0.2, -0.15) is 0 Å². The van der Waals surface area contributed by atoms with Crippen molar-refractivity contribution in [1.29, 1.82) is 0 Å². The Bertz CT molecular complexity index is 166. The van der Waals surface area contributed by atoms with Gasteiger partial charge in [-0.3, -0.25) is 0 Å². The highest BCUT2D eigenvalue weighted by atomic mass is 15.2. The Morgan fingerprint density at radius 1 is 1.45 bits per heavy atom. The molecular weight excluding hydrogens is 134 g/mol. The Balaban J connectivity index is 2.20. The first-order valence-corrected chi connectivity index (χ1v) is 4.84. The average molecular weight is 153 g/mol. The zero-order valence-electron chi connectivity index (χ0n) is 7.93. The van der Waals surface area contributed by atoms with Gasteiger partial charge in [0.1, 0.15) is 0 Å². The molecule has 0 N–H and O–H groups in total. The second kappa shape index (κ2) is 2.22. The Morgan fingerprint density at radius 3 is 2.82 bits per heavy atom. The highest BCUT2D eigenvalue weighted by Crippen LogP contribution is 2.48. The van der Waals surface area contributed by atoms with Crippen molar-refractivity contribution in [3.63, 3.8) is 0 Å². The van der Waals surface area contributed by atoms with Crippen LogP contribution in [0, 0.1) is 11.8 Å². The number of rotatable bonds is 0. The molecule has 2 fully saturated rings. The maximum atomic E-state index is 2.57. The third-order valence-corrected chi connectivity index (χ3v) is 4.01. The van der Waals surface area contributed by atoms with Gasteiger partial charge in [-0.15, -0.1) is 0 Å². The van der Waals surface area contributed by atoms with Crippen molar-refractivity contribution in [3.05, 3.63) is 0 Å². The smallest absolute Gasteiger partial charge is 0.0209 e. The van der Waals surface area contributed by atoms with Gasteiger partial charge in [0.15, 0.2) is 0 Å². The number of fused-ring (bicyclic) bond motifs is 1. The van der Waals surface area contributed by atoms with E-state index in [1.54, 1.807) is 0 Å². The van der Waals surface area contributed by atoms with Crippen LogP contribution in [0.2, 0.25) is 0 Å². The van der Waals surface area contributed by atoms with Crippen LogP contribution in [0.15, 0.2) is 0 Å². The Labute approximate surface area is 69.8 Å². The van der Waals surface area contributed by atoms with Crippen molar-refractivity contribution in [2.45, 2.75) is 38.6 Å². The van der Waals surface area contributed by atoms with Crippen LogP contribution in [0.1, 0.15) is 33.1 Å². The SMILES string of the molecule is CC1CC2CCN(C)C2(C)C1. The van der Waals surface area contributed by atoms with E-state index in [-0.39, 0.29) is 0 Å². The molecule has 1 heteroatoms. The first kappa shape index (κ1) is 7.60. The average Bonchev–Trinajstić information content (AvgIpc) is 2.32. The quantitative estimate of drug-likeness (QED) is 0.515. The van der Waals surface area contributed by atoms with E-state index >= 15 is 0 Å². The van der Waals surface area contributed by atoms with E-state index in [0.29, 0.717) is 5.54 Å². The predicted octanol–water partition coefficient (Wildman–Crippen LogP) is 2.13. The van der Waals surface area contributed by atoms with E-state index in [4.69, 9.17) is 0 Å². The number of hydrogen-bond donors (Lipinski definition) is 0. The molecule has 11 heavy (non-hydrogen) atoms.